The first-order valence-corrected chi connectivity index (χ1v) is 6.63. The zero-order valence-corrected chi connectivity index (χ0v) is 10.8. The number of thiophene rings is 1. The SMILES string of the molecule is Cc1sc(C2CCCC(C(=O)O)N2)cc1C(=O)O. The first-order valence-electron chi connectivity index (χ1n) is 5.81. The molecule has 0 amide bonds. The normalized spacial score (nSPS) is 23.8. The summed E-state index contributed by atoms with van der Waals surface area (Å²) in [5.74, 6) is -1.77. The number of aliphatic carboxylic acids is 1. The Kier molecular flexibility index (Phi) is 3.68. The lowest BCUT2D eigenvalue weighted by molar-refractivity contribution is -0.140. The summed E-state index contributed by atoms with van der Waals surface area (Å²) in [6, 6.07) is 1.08. The maximum Gasteiger partial charge on any atom is 0.336 e. The lowest BCUT2D eigenvalue weighted by Gasteiger charge is -2.27. The van der Waals surface area contributed by atoms with Gasteiger partial charge in [0.1, 0.15) is 6.04 Å². The van der Waals surface area contributed by atoms with Gasteiger partial charge in [-0.15, -0.1) is 11.3 Å². The molecule has 1 aliphatic rings. The predicted molar refractivity (Wildman–Crippen MR) is 67.2 cm³/mol. The van der Waals surface area contributed by atoms with E-state index in [1.165, 1.54) is 11.3 Å². The van der Waals surface area contributed by atoms with Gasteiger partial charge in [-0.05, 0) is 32.3 Å². The molecule has 1 aliphatic heterocycles. The average molecular weight is 269 g/mol. The molecule has 18 heavy (non-hydrogen) atoms. The van der Waals surface area contributed by atoms with E-state index in [-0.39, 0.29) is 6.04 Å². The molecule has 0 aliphatic carbocycles. The van der Waals surface area contributed by atoms with Crippen LogP contribution in [0.1, 0.15) is 45.4 Å². The van der Waals surface area contributed by atoms with E-state index in [9.17, 15) is 9.59 Å². The molecule has 0 saturated carbocycles. The first kappa shape index (κ1) is 13.0. The number of aryl methyl sites for hydroxylation is 1. The Morgan fingerprint density at radius 3 is 2.67 bits per heavy atom. The van der Waals surface area contributed by atoms with Crippen molar-refractivity contribution in [3.8, 4) is 0 Å². The molecule has 98 valence electrons. The fourth-order valence-corrected chi connectivity index (χ4v) is 3.36. The summed E-state index contributed by atoms with van der Waals surface area (Å²) in [7, 11) is 0. The van der Waals surface area contributed by atoms with Crippen LogP contribution in [0.3, 0.4) is 0 Å². The number of aromatic carboxylic acids is 1. The highest BCUT2D eigenvalue weighted by Gasteiger charge is 2.28. The van der Waals surface area contributed by atoms with E-state index in [4.69, 9.17) is 10.2 Å². The standard InChI is InChI=1S/C12H15NO4S/c1-6-7(11(14)15)5-10(18-6)8-3-2-4-9(13-8)12(16)17/h5,8-9,13H,2-4H2,1H3,(H,14,15)(H,16,17). The minimum Gasteiger partial charge on any atom is -0.480 e. The van der Waals surface area contributed by atoms with E-state index >= 15 is 0 Å². The lowest BCUT2D eigenvalue weighted by atomic mass is 9.97. The highest BCUT2D eigenvalue weighted by Crippen LogP contribution is 2.32. The molecule has 0 bridgehead atoms. The Morgan fingerprint density at radius 2 is 2.11 bits per heavy atom. The third-order valence-electron chi connectivity index (χ3n) is 3.20. The van der Waals surface area contributed by atoms with Crippen LogP contribution in [0.4, 0.5) is 0 Å². The lowest BCUT2D eigenvalue weighted by Crippen LogP contribution is -2.42. The van der Waals surface area contributed by atoms with Crippen LogP contribution in [0.25, 0.3) is 0 Å². The van der Waals surface area contributed by atoms with E-state index < -0.39 is 18.0 Å². The fourth-order valence-electron chi connectivity index (χ4n) is 2.24. The molecule has 0 aromatic carbocycles. The van der Waals surface area contributed by atoms with Gasteiger partial charge < -0.3 is 10.2 Å². The second-order valence-corrected chi connectivity index (χ2v) is 5.75. The number of carbonyl (C=O) groups is 2. The molecule has 2 rings (SSSR count). The molecule has 3 N–H and O–H groups in total. The van der Waals surface area contributed by atoms with Gasteiger partial charge in [-0.3, -0.25) is 10.1 Å². The maximum absolute atomic E-state index is 11.0. The molecule has 2 heterocycles. The number of hydrogen-bond acceptors (Lipinski definition) is 4. The number of rotatable bonds is 3. The van der Waals surface area contributed by atoms with E-state index in [0.717, 1.165) is 22.6 Å². The van der Waals surface area contributed by atoms with Crippen LogP contribution in [-0.2, 0) is 4.79 Å². The van der Waals surface area contributed by atoms with Gasteiger partial charge in [0.15, 0.2) is 0 Å². The third kappa shape index (κ3) is 2.54. The highest BCUT2D eigenvalue weighted by atomic mass is 32.1. The number of carboxylic acids is 2. The summed E-state index contributed by atoms with van der Waals surface area (Å²) in [5, 5.41) is 21.1. The Labute approximate surface area is 108 Å². The zero-order chi connectivity index (χ0) is 13.3. The van der Waals surface area contributed by atoms with Crippen molar-refractivity contribution in [2.24, 2.45) is 0 Å². The summed E-state index contributed by atoms with van der Waals surface area (Å²) in [6.45, 7) is 1.77. The molecule has 5 nitrogen and oxygen atoms in total. The number of hydrogen-bond donors (Lipinski definition) is 3. The van der Waals surface area contributed by atoms with E-state index in [2.05, 4.69) is 5.32 Å². The predicted octanol–water partition coefficient (Wildman–Crippen LogP) is 2.02. The van der Waals surface area contributed by atoms with Crippen molar-refractivity contribution in [2.45, 2.75) is 38.3 Å². The van der Waals surface area contributed by atoms with Gasteiger partial charge in [-0.25, -0.2) is 4.79 Å². The third-order valence-corrected chi connectivity index (χ3v) is 4.36. The molecule has 2 unspecified atom stereocenters. The Bertz CT molecular complexity index is 482. The minimum absolute atomic E-state index is 0.0448. The summed E-state index contributed by atoms with van der Waals surface area (Å²) >= 11 is 1.43. The maximum atomic E-state index is 11.0. The van der Waals surface area contributed by atoms with Crippen LogP contribution in [0.2, 0.25) is 0 Å². The average Bonchev–Trinajstić information content (AvgIpc) is 2.71. The molecular formula is C12H15NO4S. The summed E-state index contributed by atoms with van der Waals surface area (Å²) in [4.78, 5) is 23.6. The molecule has 1 aromatic rings. The second-order valence-electron chi connectivity index (χ2n) is 4.46. The summed E-state index contributed by atoms with van der Waals surface area (Å²) < 4.78 is 0. The molecule has 0 spiro atoms. The topological polar surface area (TPSA) is 86.6 Å². The Balaban J connectivity index is 2.18. The number of nitrogens with one attached hydrogen (secondary N) is 1. The van der Waals surface area contributed by atoms with Crippen LogP contribution in [0, 0.1) is 6.92 Å². The van der Waals surface area contributed by atoms with E-state index in [1.807, 2.05) is 0 Å². The van der Waals surface area contributed by atoms with Crippen LogP contribution in [-0.4, -0.2) is 28.2 Å². The minimum atomic E-state index is -0.930. The smallest absolute Gasteiger partial charge is 0.336 e. The fraction of sp³-hybridized carbons (Fsp3) is 0.500. The van der Waals surface area contributed by atoms with Crippen molar-refractivity contribution in [2.75, 3.05) is 0 Å². The van der Waals surface area contributed by atoms with Crippen molar-refractivity contribution in [3.05, 3.63) is 21.4 Å². The van der Waals surface area contributed by atoms with Gasteiger partial charge in [0, 0.05) is 15.8 Å². The van der Waals surface area contributed by atoms with Crippen LogP contribution < -0.4 is 5.32 Å². The van der Waals surface area contributed by atoms with Crippen molar-refractivity contribution >= 4 is 23.3 Å². The van der Waals surface area contributed by atoms with Gasteiger partial charge in [0.05, 0.1) is 5.56 Å². The van der Waals surface area contributed by atoms with Gasteiger partial charge >= 0.3 is 11.9 Å². The molecule has 1 fully saturated rings. The summed E-state index contributed by atoms with van der Waals surface area (Å²) in [6.07, 6.45) is 2.32. The van der Waals surface area contributed by atoms with Gasteiger partial charge in [-0.2, -0.15) is 0 Å². The second kappa shape index (κ2) is 5.07. The first-order chi connectivity index (χ1) is 8.49. The van der Waals surface area contributed by atoms with Gasteiger partial charge in [0.2, 0.25) is 0 Å². The van der Waals surface area contributed by atoms with Crippen molar-refractivity contribution in [1.29, 1.82) is 0 Å². The van der Waals surface area contributed by atoms with Crippen LogP contribution >= 0.6 is 11.3 Å². The van der Waals surface area contributed by atoms with Crippen molar-refractivity contribution < 1.29 is 19.8 Å². The molecule has 2 atom stereocenters. The number of carboxylic acid groups (broad SMARTS) is 2. The van der Waals surface area contributed by atoms with Gasteiger partial charge in [-0.1, -0.05) is 0 Å². The van der Waals surface area contributed by atoms with E-state index in [1.54, 1.807) is 13.0 Å². The van der Waals surface area contributed by atoms with Crippen molar-refractivity contribution in [3.63, 3.8) is 0 Å². The van der Waals surface area contributed by atoms with Gasteiger partial charge in [0.25, 0.3) is 0 Å². The highest BCUT2D eigenvalue weighted by molar-refractivity contribution is 7.12. The molecular weight excluding hydrogens is 254 g/mol. The van der Waals surface area contributed by atoms with E-state index in [0.29, 0.717) is 12.0 Å². The quantitative estimate of drug-likeness (QED) is 0.781. The number of piperidine rings is 1. The molecule has 1 saturated heterocycles. The Morgan fingerprint density at radius 1 is 1.39 bits per heavy atom. The van der Waals surface area contributed by atoms with Crippen molar-refractivity contribution in [1.82, 2.24) is 5.32 Å². The van der Waals surface area contributed by atoms with Crippen LogP contribution in [0.15, 0.2) is 6.07 Å². The largest absolute Gasteiger partial charge is 0.480 e. The zero-order valence-electron chi connectivity index (χ0n) is 9.97. The Hall–Kier alpha value is -1.40. The molecule has 0 radical (unpaired) electrons. The summed E-state index contributed by atoms with van der Waals surface area (Å²) in [5.41, 5.74) is 0.314. The molecule has 6 heteroatoms. The van der Waals surface area contributed by atoms with Crippen LogP contribution in [0.5, 0.6) is 0 Å². The monoisotopic (exact) mass is 269 g/mol. The molecule has 1 aromatic heterocycles.